The SMILES string of the molecule is CNC(=O)C1CN(C(=O)c2ccc(F)c(F)c2)C1. The average Bonchev–Trinajstić information content (AvgIpc) is 2.30. The normalized spacial score (nSPS) is 15.2. The lowest BCUT2D eigenvalue weighted by molar-refractivity contribution is -0.128. The second-order valence-corrected chi connectivity index (χ2v) is 4.15. The second-order valence-electron chi connectivity index (χ2n) is 4.15. The van der Waals surface area contributed by atoms with Gasteiger partial charge in [0.1, 0.15) is 0 Å². The van der Waals surface area contributed by atoms with E-state index in [0.717, 1.165) is 12.1 Å². The van der Waals surface area contributed by atoms with Crippen molar-refractivity contribution in [3.63, 3.8) is 0 Å². The molecule has 0 bridgehead atoms. The molecule has 0 aromatic heterocycles. The highest BCUT2D eigenvalue weighted by Gasteiger charge is 2.35. The van der Waals surface area contributed by atoms with E-state index < -0.39 is 17.5 Å². The van der Waals surface area contributed by atoms with Crippen LogP contribution >= 0.6 is 0 Å². The fourth-order valence-corrected chi connectivity index (χ4v) is 1.83. The lowest BCUT2D eigenvalue weighted by Crippen LogP contribution is -2.55. The molecule has 1 aliphatic heterocycles. The van der Waals surface area contributed by atoms with Crippen molar-refractivity contribution in [2.24, 2.45) is 5.92 Å². The summed E-state index contributed by atoms with van der Waals surface area (Å²) in [4.78, 5) is 24.5. The van der Waals surface area contributed by atoms with Gasteiger partial charge in [0.25, 0.3) is 5.91 Å². The van der Waals surface area contributed by atoms with Crippen LogP contribution in [-0.2, 0) is 4.79 Å². The van der Waals surface area contributed by atoms with Gasteiger partial charge in [-0.25, -0.2) is 8.78 Å². The number of hydrogen-bond donors (Lipinski definition) is 1. The van der Waals surface area contributed by atoms with Crippen molar-refractivity contribution in [1.29, 1.82) is 0 Å². The molecular weight excluding hydrogens is 242 g/mol. The molecule has 1 fully saturated rings. The molecule has 1 heterocycles. The van der Waals surface area contributed by atoms with Crippen molar-refractivity contribution in [3.05, 3.63) is 35.4 Å². The number of nitrogens with zero attached hydrogens (tertiary/aromatic N) is 1. The van der Waals surface area contributed by atoms with Gasteiger partial charge in [-0.15, -0.1) is 0 Å². The maximum Gasteiger partial charge on any atom is 0.254 e. The summed E-state index contributed by atoms with van der Waals surface area (Å²) in [5.74, 6) is -2.77. The first-order valence-corrected chi connectivity index (χ1v) is 5.49. The van der Waals surface area contributed by atoms with Crippen LogP contribution in [0, 0.1) is 17.6 Å². The quantitative estimate of drug-likeness (QED) is 0.848. The average molecular weight is 254 g/mol. The molecule has 4 nitrogen and oxygen atoms in total. The molecule has 18 heavy (non-hydrogen) atoms. The van der Waals surface area contributed by atoms with Gasteiger partial charge in [0, 0.05) is 25.7 Å². The van der Waals surface area contributed by atoms with Crippen LogP contribution in [0.25, 0.3) is 0 Å². The maximum atomic E-state index is 13.0. The predicted octanol–water partition coefficient (Wildman–Crippen LogP) is 0.783. The molecule has 1 saturated heterocycles. The summed E-state index contributed by atoms with van der Waals surface area (Å²) in [6, 6.07) is 3.01. The Morgan fingerprint density at radius 2 is 1.94 bits per heavy atom. The predicted molar refractivity (Wildman–Crippen MR) is 59.8 cm³/mol. The molecule has 1 N–H and O–H groups in total. The molecule has 0 aliphatic carbocycles. The summed E-state index contributed by atoms with van der Waals surface area (Å²) in [6.45, 7) is 0.606. The van der Waals surface area contributed by atoms with Crippen LogP contribution in [0.1, 0.15) is 10.4 Å². The van der Waals surface area contributed by atoms with Crippen LogP contribution in [0.2, 0.25) is 0 Å². The largest absolute Gasteiger partial charge is 0.359 e. The van der Waals surface area contributed by atoms with E-state index in [1.807, 2.05) is 0 Å². The minimum absolute atomic E-state index is 0.0873. The topological polar surface area (TPSA) is 49.4 Å². The first-order valence-electron chi connectivity index (χ1n) is 5.49. The lowest BCUT2D eigenvalue weighted by atomic mass is 9.98. The number of carbonyl (C=O) groups excluding carboxylic acids is 2. The monoisotopic (exact) mass is 254 g/mol. The maximum absolute atomic E-state index is 13.0. The molecular formula is C12H12F2N2O2. The molecule has 2 amide bonds. The molecule has 6 heteroatoms. The van der Waals surface area contributed by atoms with E-state index in [1.54, 1.807) is 0 Å². The highest BCUT2D eigenvalue weighted by atomic mass is 19.2. The third kappa shape index (κ3) is 2.18. The van der Waals surface area contributed by atoms with Gasteiger partial charge in [-0.2, -0.15) is 0 Å². The first-order chi connectivity index (χ1) is 8.52. The fraction of sp³-hybridized carbons (Fsp3) is 0.333. The van der Waals surface area contributed by atoms with E-state index in [1.165, 1.54) is 18.0 Å². The van der Waals surface area contributed by atoms with Crippen LogP contribution < -0.4 is 5.32 Å². The van der Waals surface area contributed by atoms with Crippen molar-refractivity contribution < 1.29 is 18.4 Å². The Labute approximate surface area is 103 Å². The molecule has 1 aliphatic rings. The third-order valence-corrected chi connectivity index (χ3v) is 2.95. The standard InChI is InChI=1S/C12H12F2N2O2/c1-15-11(17)8-5-16(6-8)12(18)7-2-3-9(13)10(14)4-7/h2-4,8H,5-6H2,1H3,(H,15,17). The zero-order valence-corrected chi connectivity index (χ0v) is 9.74. The molecule has 0 unspecified atom stereocenters. The Hall–Kier alpha value is -1.98. The number of rotatable bonds is 2. The van der Waals surface area contributed by atoms with E-state index in [4.69, 9.17) is 0 Å². The van der Waals surface area contributed by atoms with E-state index in [0.29, 0.717) is 13.1 Å². The summed E-state index contributed by atoms with van der Waals surface area (Å²) in [5, 5.41) is 2.50. The number of benzene rings is 1. The Morgan fingerprint density at radius 3 is 2.50 bits per heavy atom. The molecule has 2 rings (SSSR count). The van der Waals surface area contributed by atoms with Gasteiger partial charge >= 0.3 is 0 Å². The Balaban J connectivity index is 2.01. The number of likely N-dealkylation sites (tertiary alicyclic amines) is 1. The zero-order chi connectivity index (χ0) is 13.3. The first kappa shape index (κ1) is 12.5. The minimum atomic E-state index is -1.05. The highest BCUT2D eigenvalue weighted by molar-refractivity contribution is 5.96. The number of halogens is 2. The number of nitrogens with one attached hydrogen (secondary N) is 1. The molecule has 0 atom stereocenters. The van der Waals surface area contributed by atoms with Gasteiger partial charge in [0.2, 0.25) is 5.91 Å². The summed E-state index contributed by atoms with van der Waals surface area (Å²) in [7, 11) is 1.53. The van der Waals surface area contributed by atoms with Crippen molar-refractivity contribution in [2.75, 3.05) is 20.1 Å². The van der Waals surface area contributed by atoms with Gasteiger partial charge in [-0.1, -0.05) is 0 Å². The van der Waals surface area contributed by atoms with Crippen LogP contribution in [0.3, 0.4) is 0 Å². The van der Waals surface area contributed by atoms with E-state index >= 15 is 0 Å². The molecule has 1 aromatic rings. The Bertz CT molecular complexity index is 499. The Kier molecular flexibility index (Phi) is 3.27. The van der Waals surface area contributed by atoms with Crippen molar-refractivity contribution in [3.8, 4) is 0 Å². The van der Waals surface area contributed by atoms with Crippen molar-refractivity contribution >= 4 is 11.8 Å². The lowest BCUT2D eigenvalue weighted by Gasteiger charge is -2.38. The smallest absolute Gasteiger partial charge is 0.254 e. The van der Waals surface area contributed by atoms with Crippen LogP contribution in [0.5, 0.6) is 0 Å². The molecule has 0 spiro atoms. The summed E-state index contributed by atoms with van der Waals surface area (Å²) in [6.07, 6.45) is 0. The van der Waals surface area contributed by atoms with Gasteiger partial charge in [-0.05, 0) is 18.2 Å². The number of amides is 2. The van der Waals surface area contributed by atoms with Crippen LogP contribution in [0.4, 0.5) is 8.78 Å². The summed E-state index contributed by atoms with van der Waals surface area (Å²) >= 11 is 0. The van der Waals surface area contributed by atoms with Crippen LogP contribution in [0.15, 0.2) is 18.2 Å². The van der Waals surface area contributed by atoms with E-state index in [9.17, 15) is 18.4 Å². The third-order valence-electron chi connectivity index (χ3n) is 2.95. The number of hydrogen-bond acceptors (Lipinski definition) is 2. The fourth-order valence-electron chi connectivity index (χ4n) is 1.83. The number of carbonyl (C=O) groups is 2. The summed E-state index contributed by atoms with van der Waals surface area (Å²) in [5.41, 5.74) is 0.0873. The zero-order valence-electron chi connectivity index (χ0n) is 9.74. The molecule has 0 saturated carbocycles. The van der Waals surface area contributed by atoms with Crippen molar-refractivity contribution in [2.45, 2.75) is 0 Å². The van der Waals surface area contributed by atoms with Gasteiger partial charge in [0.05, 0.1) is 5.92 Å². The second kappa shape index (κ2) is 4.72. The van der Waals surface area contributed by atoms with Gasteiger partial charge < -0.3 is 10.2 Å². The van der Waals surface area contributed by atoms with Crippen molar-refractivity contribution in [1.82, 2.24) is 10.2 Å². The minimum Gasteiger partial charge on any atom is -0.359 e. The summed E-state index contributed by atoms with van der Waals surface area (Å²) < 4.78 is 25.7. The van der Waals surface area contributed by atoms with Gasteiger partial charge in [0.15, 0.2) is 11.6 Å². The highest BCUT2D eigenvalue weighted by Crippen LogP contribution is 2.19. The Morgan fingerprint density at radius 1 is 1.28 bits per heavy atom. The van der Waals surface area contributed by atoms with E-state index in [-0.39, 0.29) is 17.4 Å². The molecule has 0 radical (unpaired) electrons. The van der Waals surface area contributed by atoms with Gasteiger partial charge in [-0.3, -0.25) is 9.59 Å². The van der Waals surface area contributed by atoms with Crippen LogP contribution in [-0.4, -0.2) is 36.9 Å². The molecule has 96 valence electrons. The van der Waals surface area contributed by atoms with E-state index in [2.05, 4.69) is 5.32 Å². The molecule has 1 aromatic carbocycles.